The van der Waals surface area contributed by atoms with E-state index in [2.05, 4.69) is 76.6 Å². The van der Waals surface area contributed by atoms with Crippen molar-refractivity contribution >= 4 is 20.5 Å². The summed E-state index contributed by atoms with van der Waals surface area (Å²) in [5, 5.41) is 0. The Kier molecular flexibility index (Phi) is 3.62. The molecule has 0 atom stereocenters. The zero-order valence-corrected chi connectivity index (χ0v) is 13.5. The predicted octanol–water partition coefficient (Wildman–Crippen LogP) is 3.12. The first-order valence-corrected chi connectivity index (χ1v) is 6.82. The number of aryl methyl sites for hydroxylation is 1. The molecule has 1 rings (SSSR count). The van der Waals surface area contributed by atoms with Crippen LogP contribution in [0.1, 0.15) is 58.2 Å². The van der Waals surface area contributed by atoms with Gasteiger partial charge in [0.15, 0.2) is 0 Å². The Labute approximate surface area is 109 Å². The molecule has 0 nitrogen and oxygen atoms in total. The molecule has 16 heavy (non-hydrogen) atoms. The van der Waals surface area contributed by atoms with Crippen LogP contribution in [0.25, 0.3) is 0 Å². The van der Waals surface area contributed by atoms with Crippen LogP contribution in [-0.4, -0.2) is 16.0 Å². The molecule has 0 N–H and O–H groups in total. The quantitative estimate of drug-likeness (QED) is 0.642. The van der Waals surface area contributed by atoms with Gasteiger partial charge in [0.1, 0.15) is 0 Å². The van der Waals surface area contributed by atoms with Crippen LogP contribution < -0.4 is 4.46 Å². The Hall–Kier alpha value is -0.261. The van der Waals surface area contributed by atoms with E-state index < -0.39 is 0 Å². The average Bonchev–Trinajstić information content (AvgIpc) is 2.04. The molecule has 1 aromatic carbocycles. The Morgan fingerprint density at radius 2 is 1.12 bits per heavy atom. The Bertz CT molecular complexity index is 354. The second-order valence-corrected chi connectivity index (χ2v) is 7.65. The van der Waals surface area contributed by atoms with Gasteiger partial charge >= 0.3 is 109 Å². The monoisotopic (exact) mass is 284 g/mol. The Morgan fingerprint density at radius 1 is 0.812 bits per heavy atom. The van der Waals surface area contributed by atoms with E-state index in [1.54, 1.807) is 0 Å². The van der Waals surface area contributed by atoms with E-state index in [1.165, 1.54) is 21.2 Å². The third-order valence-corrected chi connectivity index (χ3v) is 3.88. The van der Waals surface area contributed by atoms with Crippen LogP contribution in [0.2, 0.25) is 0 Å². The van der Waals surface area contributed by atoms with Crippen molar-refractivity contribution in [2.24, 2.45) is 0 Å². The van der Waals surface area contributed by atoms with Gasteiger partial charge in [0.2, 0.25) is 0 Å². The van der Waals surface area contributed by atoms with Crippen molar-refractivity contribution in [3.8, 4) is 0 Å². The van der Waals surface area contributed by atoms with E-state index in [0.717, 1.165) is 0 Å². The maximum atomic E-state index is 2.77. The molecule has 90 valence electrons. The van der Waals surface area contributed by atoms with E-state index >= 15 is 0 Å². The molecule has 1 heteroatoms. The van der Waals surface area contributed by atoms with Gasteiger partial charge < -0.3 is 0 Å². The number of hydrogen-bond donors (Lipinski definition) is 0. The summed E-state index contributed by atoms with van der Waals surface area (Å²) in [7, 11) is 0. The topological polar surface area (TPSA) is 0 Å². The third-order valence-electron chi connectivity index (χ3n) is 2.87. The van der Waals surface area contributed by atoms with Gasteiger partial charge in [0, 0.05) is 0 Å². The summed E-state index contributed by atoms with van der Waals surface area (Å²) in [5.41, 5.74) is 4.71. The van der Waals surface area contributed by atoms with Crippen LogP contribution in [-0.2, 0) is 10.8 Å². The zero-order chi connectivity index (χ0) is 12.7. The van der Waals surface area contributed by atoms with Crippen molar-refractivity contribution in [2.45, 2.75) is 59.3 Å². The van der Waals surface area contributed by atoms with E-state index in [1.807, 2.05) is 0 Å². The molecular weight excluding hydrogens is 259 g/mol. The molecule has 0 saturated carbocycles. The predicted molar refractivity (Wildman–Crippen MR) is 75.4 cm³/mol. The van der Waals surface area contributed by atoms with E-state index in [0.29, 0.717) is 0 Å². The molecule has 0 bridgehead atoms. The molecule has 0 saturated heterocycles. The molecule has 0 radical (unpaired) electrons. The molecule has 0 aromatic heterocycles. The van der Waals surface area contributed by atoms with Crippen molar-refractivity contribution in [2.75, 3.05) is 0 Å². The average molecular weight is 283 g/mol. The first kappa shape index (κ1) is 13.8. The molecule has 0 aliphatic heterocycles. The number of benzene rings is 1. The van der Waals surface area contributed by atoms with Gasteiger partial charge in [-0.3, -0.25) is 0 Å². The van der Waals surface area contributed by atoms with Gasteiger partial charge in [-0.15, -0.1) is 0 Å². The van der Waals surface area contributed by atoms with Gasteiger partial charge in [-0.1, -0.05) is 0 Å². The Morgan fingerprint density at radius 3 is 1.38 bits per heavy atom. The molecule has 0 fully saturated rings. The van der Waals surface area contributed by atoms with Crippen molar-refractivity contribution in [3.05, 3.63) is 28.8 Å². The fraction of sp³-hybridized carbons (Fsp3) is 0.600. The summed E-state index contributed by atoms with van der Waals surface area (Å²) in [6, 6.07) is 4.64. The van der Waals surface area contributed by atoms with E-state index in [9.17, 15) is 0 Å². The van der Waals surface area contributed by atoms with Gasteiger partial charge in [0.05, 0.1) is 0 Å². The molecule has 0 unspecified atom stereocenters. The van der Waals surface area contributed by atoms with Crippen LogP contribution in [0.4, 0.5) is 0 Å². The van der Waals surface area contributed by atoms with Crippen molar-refractivity contribution < 1.29 is 0 Å². The zero-order valence-electron chi connectivity index (χ0n) is 11.6. The van der Waals surface area contributed by atoms with Crippen molar-refractivity contribution in [1.29, 1.82) is 0 Å². The molecule has 0 aliphatic rings. The second-order valence-electron chi connectivity index (χ2n) is 6.71. The molecule has 1 aromatic rings. The molecule has 0 amide bonds. The first-order chi connectivity index (χ1) is 7.03. The van der Waals surface area contributed by atoms with Crippen LogP contribution >= 0.6 is 0 Å². The molecule has 0 heterocycles. The molecule has 0 spiro atoms. The van der Waals surface area contributed by atoms with Gasteiger partial charge in [-0.25, -0.2) is 0 Å². The van der Waals surface area contributed by atoms with E-state index in [-0.39, 0.29) is 10.8 Å². The minimum atomic E-state index is 0.217. The summed E-state index contributed by atoms with van der Waals surface area (Å²) in [5.74, 6) is 0. The van der Waals surface area contributed by atoms with Crippen LogP contribution in [0.3, 0.4) is 0 Å². The third kappa shape index (κ3) is 2.90. The minimum absolute atomic E-state index is 0.217. The van der Waals surface area contributed by atoms with Gasteiger partial charge in [0.25, 0.3) is 0 Å². The van der Waals surface area contributed by atoms with Gasteiger partial charge in [-0.05, 0) is 0 Å². The second kappa shape index (κ2) is 4.20. The molecular formula is C15H24Se. The van der Waals surface area contributed by atoms with Crippen LogP contribution in [0.15, 0.2) is 12.1 Å². The number of rotatable bonds is 0. The maximum absolute atomic E-state index is 2.77. The van der Waals surface area contributed by atoms with Crippen LogP contribution in [0, 0.1) is 6.92 Å². The fourth-order valence-corrected chi connectivity index (χ4v) is 3.60. The summed E-state index contributed by atoms with van der Waals surface area (Å²) in [6.07, 6.45) is 0. The van der Waals surface area contributed by atoms with Crippen molar-refractivity contribution in [1.82, 2.24) is 0 Å². The first-order valence-electron chi connectivity index (χ1n) is 5.88. The van der Waals surface area contributed by atoms with Gasteiger partial charge in [-0.2, -0.15) is 0 Å². The Balaban J connectivity index is 3.51. The van der Waals surface area contributed by atoms with Crippen molar-refractivity contribution in [3.63, 3.8) is 0 Å². The fourth-order valence-electron chi connectivity index (χ4n) is 1.92. The normalized spacial score (nSPS) is 13.0. The summed E-state index contributed by atoms with van der Waals surface area (Å²) in [6.45, 7) is 15.9. The summed E-state index contributed by atoms with van der Waals surface area (Å²) in [4.78, 5) is 0. The molecule has 0 aliphatic carbocycles. The van der Waals surface area contributed by atoms with Crippen LogP contribution in [0.5, 0.6) is 0 Å². The standard InChI is InChI=1S/C15H24Se/c1-10-8-11(14(2,3)4)13(16)12(9-10)15(5,6)7/h8-9,16H,1-7H3. The summed E-state index contributed by atoms with van der Waals surface area (Å²) < 4.78 is 1.40. The number of hydrogen-bond acceptors (Lipinski definition) is 0. The summed E-state index contributed by atoms with van der Waals surface area (Å²) >= 11 is 2.77. The SMILES string of the molecule is Cc1cc(C(C)(C)C)c([SeH])c(C(C)(C)C)c1. The van der Waals surface area contributed by atoms with E-state index in [4.69, 9.17) is 0 Å².